The number of rotatable bonds is 4. The van der Waals surface area contributed by atoms with Gasteiger partial charge in [-0.25, -0.2) is 0 Å². The Hall–Kier alpha value is -2.97. The number of alkyl halides is 3. The van der Waals surface area contributed by atoms with E-state index in [2.05, 4.69) is 5.32 Å². The molecule has 6 nitrogen and oxygen atoms in total. The average Bonchev–Trinajstić information content (AvgIpc) is 3.01. The van der Waals surface area contributed by atoms with E-state index in [1.807, 2.05) is 0 Å². The number of halogens is 3. The molecule has 0 saturated carbocycles. The molecule has 0 unspecified atom stereocenters. The maximum absolute atomic E-state index is 12.3. The third kappa shape index (κ3) is 4.02. The third-order valence-electron chi connectivity index (χ3n) is 2.71. The zero-order valence-corrected chi connectivity index (χ0v) is 11.7. The van der Waals surface area contributed by atoms with E-state index in [4.69, 9.17) is 9.15 Å². The van der Waals surface area contributed by atoms with Gasteiger partial charge in [0.2, 0.25) is 0 Å². The number of benzene rings is 1. The molecule has 0 spiro atoms. The molecule has 0 fully saturated rings. The van der Waals surface area contributed by atoms with Crippen molar-refractivity contribution in [2.75, 3.05) is 17.7 Å². The van der Waals surface area contributed by atoms with Gasteiger partial charge in [-0.3, -0.25) is 9.59 Å². The smallest absolute Gasteiger partial charge is 0.471 e. The SMILES string of the molecule is COc1ccc(NC(=O)c2ccco2)cc1NC(=O)C(F)(F)F. The van der Waals surface area contributed by atoms with Crippen LogP contribution in [0.5, 0.6) is 5.75 Å². The van der Waals surface area contributed by atoms with Crippen molar-refractivity contribution in [1.29, 1.82) is 0 Å². The van der Waals surface area contributed by atoms with Crippen molar-refractivity contribution < 1.29 is 31.9 Å². The van der Waals surface area contributed by atoms with E-state index in [0.29, 0.717) is 0 Å². The highest BCUT2D eigenvalue weighted by molar-refractivity contribution is 6.03. The van der Waals surface area contributed by atoms with Crippen LogP contribution in [0, 0.1) is 0 Å². The number of methoxy groups -OCH3 is 1. The van der Waals surface area contributed by atoms with E-state index in [0.717, 1.165) is 6.07 Å². The minimum absolute atomic E-state index is 0.0126. The molecular formula is C14H11F3N2O4. The molecular weight excluding hydrogens is 317 g/mol. The summed E-state index contributed by atoms with van der Waals surface area (Å²) in [6, 6.07) is 6.79. The van der Waals surface area contributed by atoms with E-state index in [1.165, 1.54) is 37.6 Å². The van der Waals surface area contributed by atoms with Crippen LogP contribution in [0.1, 0.15) is 10.6 Å². The summed E-state index contributed by atoms with van der Waals surface area (Å²) >= 11 is 0. The maximum atomic E-state index is 12.3. The summed E-state index contributed by atoms with van der Waals surface area (Å²) in [7, 11) is 1.24. The maximum Gasteiger partial charge on any atom is 0.471 e. The summed E-state index contributed by atoms with van der Waals surface area (Å²) in [5.41, 5.74) is -0.0725. The first kappa shape index (κ1) is 16.4. The lowest BCUT2D eigenvalue weighted by molar-refractivity contribution is -0.167. The van der Waals surface area contributed by atoms with E-state index in [1.54, 1.807) is 5.32 Å². The van der Waals surface area contributed by atoms with Crippen LogP contribution in [0.15, 0.2) is 41.0 Å². The van der Waals surface area contributed by atoms with Crippen LogP contribution in [0.2, 0.25) is 0 Å². The highest BCUT2D eigenvalue weighted by atomic mass is 19.4. The molecule has 2 N–H and O–H groups in total. The Morgan fingerprint density at radius 1 is 1.17 bits per heavy atom. The van der Waals surface area contributed by atoms with Gasteiger partial charge < -0.3 is 19.8 Å². The normalized spacial score (nSPS) is 11.0. The summed E-state index contributed by atoms with van der Waals surface area (Å²) in [4.78, 5) is 22.8. The van der Waals surface area contributed by atoms with Crippen molar-refractivity contribution in [3.05, 3.63) is 42.4 Å². The van der Waals surface area contributed by atoms with Gasteiger partial charge in [-0.05, 0) is 30.3 Å². The van der Waals surface area contributed by atoms with Crippen LogP contribution in [0.3, 0.4) is 0 Å². The van der Waals surface area contributed by atoms with Crippen molar-refractivity contribution >= 4 is 23.2 Å². The number of anilines is 2. The second-order valence-electron chi connectivity index (χ2n) is 4.30. The molecule has 2 amide bonds. The number of nitrogens with one attached hydrogen (secondary N) is 2. The van der Waals surface area contributed by atoms with E-state index >= 15 is 0 Å². The highest BCUT2D eigenvalue weighted by Gasteiger charge is 2.39. The molecule has 0 aliphatic carbocycles. The van der Waals surface area contributed by atoms with Gasteiger partial charge in [0.05, 0.1) is 19.1 Å². The third-order valence-corrected chi connectivity index (χ3v) is 2.71. The Morgan fingerprint density at radius 3 is 2.48 bits per heavy atom. The Balaban J connectivity index is 2.21. The van der Waals surface area contributed by atoms with Crippen molar-refractivity contribution in [1.82, 2.24) is 0 Å². The molecule has 0 atom stereocenters. The summed E-state index contributed by atoms with van der Waals surface area (Å²) in [6.45, 7) is 0. The van der Waals surface area contributed by atoms with Crippen LogP contribution in [0.25, 0.3) is 0 Å². The van der Waals surface area contributed by atoms with Crippen LogP contribution in [0.4, 0.5) is 24.5 Å². The molecule has 0 aliphatic rings. The lowest BCUT2D eigenvalue weighted by atomic mass is 10.2. The second-order valence-corrected chi connectivity index (χ2v) is 4.30. The lowest BCUT2D eigenvalue weighted by Crippen LogP contribution is -2.30. The summed E-state index contributed by atoms with van der Waals surface area (Å²) < 4.78 is 46.8. The van der Waals surface area contributed by atoms with Gasteiger partial charge in [0.15, 0.2) is 5.76 Å². The molecule has 122 valence electrons. The standard InChI is InChI=1S/C14H11F3N2O4/c1-22-10-5-4-8(18-12(20)11-3-2-6-23-11)7-9(10)19-13(21)14(15,16)17/h2-7H,1H3,(H,18,20)(H,19,21). The summed E-state index contributed by atoms with van der Waals surface area (Å²) in [5, 5.41) is 4.11. The van der Waals surface area contributed by atoms with Crippen molar-refractivity contribution in [3.8, 4) is 5.75 Å². The fraction of sp³-hybridized carbons (Fsp3) is 0.143. The van der Waals surface area contributed by atoms with E-state index < -0.39 is 18.0 Å². The average molecular weight is 328 g/mol. The first-order valence-electron chi connectivity index (χ1n) is 6.22. The minimum atomic E-state index is -5.04. The molecule has 0 aliphatic heterocycles. The van der Waals surface area contributed by atoms with Crippen molar-refractivity contribution in [3.63, 3.8) is 0 Å². The monoisotopic (exact) mass is 328 g/mol. The fourth-order valence-electron chi connectivity index (χ4n) is 1.68. The van der Waals surface area contributed by atoms with E-state index in [-0.39, 0.29) is 22.9 Å². The fourth-order valence-corrected chi connectivity index (χ4v) is 1.68. The van der Waals surface area contributed by atoms with Crippen LogP contribution in [-0.2, 0) is 4.79 Å². The van der Waals surface area contributed by atoms with Crippen molar-refractivity contribution in [2.24, 2.45) is 0 Å². The van der Waals surface area contributed by atoms with Crippen LogP contribution < -0.4 is 15.4 Å². The molecule has 9 heteroatoms. The second kappa shape index (κ2) is 6.42. The van der Waals surface area contributed by atoms with Gasteiger partial charge in [0.25, 0.3) is 5.91 Å². The Morgan fingerprint density at radius 2 is 1.91 bits per heavy atom. The summed E-state index contributed by atoms with van der Waals surface area (Å²) in [6.07, 6.45) is -3.74. The number of hydrogen-bond donors (Lipinski definition) is 2. The molecule has 2 aromatic rings. The van der Waals surface area contributed by atoms with Crippen LogP contribution in [-0.4, -0.2) is 25.1 Å². The van der Waals surface area contributed by atoms with E-state index in [9.17, 15) is 22.8 Å². The Kier molecular flexibility index (Phi) is 4.58. The molecule has 1 heterocycles. The largest absolute Gasteiger partial charge is 0.495 e. The van der Waals surface area contributed by atoms with Gasteiger partial charge in [-0.1, -0.05) is 0 Å². The first-order chi connectivity index (χ1) is 10.8. The molecule has 1 aromatic heterocycles. The lowest BCUT2D eigenvalue weighted by Gasteiger charge is -2.13. The van der Waals surface area contributed by atoms with Gasteiger partial charge in [0.1, 0.15) is 5.75 Å². The zero-order chi connectivity index (χ0) is 17.0. The number of amides is 2. The predicted octanol–water partition coefficient (Wildman–Crippen LogP) is 3.04. The number of ether oxygens (including phenoxy) is 1. The Labute approximate surface area is 128 Å². The Bertz CT molecular complexity index is 711. The van der Waals surface area contributed by atoms with Crippen molar-refractivity contribution in [2.45, 2.75) is 6.18 Å². The molecule has 1 aromatic carbocycles. The quantitative estimate of drug-likeness (QED) is 0.904. The highest BCUT2D eigenvalue weighted by Crippen LogP contribution is 2.29. The number of hydrogen-bond acceptors (Lipinski definition) is 4. The predicted molar refractivity (Wildman–Crippen MR) is 74.3 cm³/mol. The number of furan rings is 1. The van der Waals surface area contributed by atoms with Gasteiger partial charge in [-0.2, -0.15) is 13.2 Å². The molecule has 23 heavy (non-hydrogen) atoms. The van der Waals surface area contributed by atoms with Gasteiger partial charge >= 0.3 is 12.1 Å². The first-order valence-corrected chi connectivity index (χ1v) is 6.22. The topological polar surface area (TPSA) is 80.6 Å². The van der Waals surface area contributed by atoms with Gasteiger partial charge in [-0.15, -0.1) is 0 Å². The zero-order valence-electron chi connectivity index (χ0n) is 11.7. The van der Waals surface area contributed by atoms with Gasteiger partial charge in [0, 0.05) is 5.69 Å². The minimum Gasteiger partial charge on any atom is -0.495 e. The number of carbonyl (C=O) groups is 2. The molecule has 0 saturated heterocycles. The molecule has 0 bridgehead atoms. The molecule has 2 rings (SSSR count). The summed E-state index contributed by atoms with van der Waals surface area (Å²) in [5.74, 6) is -2.70. The molecule has 0 radical (unpaired) electrons. The number of carbonyl (C=O) groups excluding carboxylic acids is 2. The van der Waals surface area contributed by atoms with Crippen LogP contribution >= 0.6 is 0 Å².